The molecule has 1 unspecified atom stereocenters. The Hall–Kier alpha value is -1.49. The van der Waals surface area contributed by atoms with Crippen molar-refractivity contribution in [3.8, 4) is 0 Å². The second-order valence-electron chi connectivity index (χ2n) is 2.21. The summed E-state index contributed by atoms with van der Waals surface area (Å²) in [6.07, 6.45) is 4.72. The number of hydrogen-bond acceptors (Lipinski definition) is 3. The van der Waals surface area contributed by atoms with Crippen LogP contribution in [0, 0.1) is 0 Å². The fraction of sp³-hybridized carbons (Fsp3) is 0.167. The molecule has 2 heterocycles. The Kier molecular flexibility index (Phi) is 1.29. The van der Waals surface area contributed by atoms with E-state index in [1.54, 1.807) is 12.4 Å². The first kappa shape index (κ1) is 6.23. The van der Waals surface area contributed by atoms with Crippen molar-refractivity contribution in [1.82, 2.24) is 16.1 Å². The normalized spacial score (nSPS) is 27.5. The molecule has 0 radical (unpaired) electrons. The van der Waals surface area contributed by atoms with Crippen molar-refractivity contribution in [2.75, 3.05) is 0 Å². The molecule has 2 aliphatic heterocycles. The number of hydroxylamine groups is 1. The minimum atomic E-state index is -0.367. The number of amides is 2. The molecule has 2 amide bonds. The van der Waals surface area contributed by atoms with E-state index in [4.69, 9.17) is 4.84 Å². The Morgan fingerprint density at radius 1 is 1.55 bits per heavy atom. The van der Waals surface area contributed by atoms with E-state index in [2.05, 4.69) is 16.1 Å². The maximum absolute atomic E-state index is 10.7. The summed E-state index contributed by atoms with van der Waals surface area (Å²) in [6, 6.07) is -0.254. The molecule has 0 fully saturated rings. The molecule has 11 heavy (non-hydrogen) atoms. The Labute approximate surface area is 63.1 Å². The van der Waals surface area contributed by atoms with E-state index in [0.29, 0.717) is 0 Å². The van der Waals surface area contributed by atoms with Crippen LogP contribution in [0.1, 0.15) is 0 Å². The summed E-state index contributed by atoms with van der Waals surface area (Å²) in [7, 11) is 0. The Bertz CT molecular complexity index is 246. The van der Waals surface area contributed by atoms with Crippen molar-refractivity contribution in [3.63, 3.8) is 0 Å². The first-order valence-corrected chi connectivity index (χ1v) is 3.21. The van der Waals surface area contributed by atoms with Gasteiger partial charge in [0.2, 0.25) is 0 Å². The molecule has 58 valence electrons. The zero-order valence-electron chi connectivity index (χ0n) is 5.63. The van der Waals surface area contributed by atoms with Crippen molar-refractivity contribution in [2.24, 2.45) is 0 Å². The summed E-state index contributed by atoms with van der Waals surface area (Å²) in [5, 5.41) is 5.07. The summed E-state index contributed by atoms with van der Waals surface area (Å²) in [4.78, 5) is 15.7. The highest BCUT2D eigenvalue weighted by Gasteiger charge is 2.21. The van der Waals surface area contributed by atoms with Gasteiger partial charge in [0.05, 0.1) is 0 Å². The van der Waals surface area contributed by atoms with Gasteiger partial charge in [-0.15, -0.1) is 0 Å². The number of hydrogen-bond donors (Lipinski definition) is 3. The lowest BCUT2D eigenvalue weighted by atomic mass is 10.2. The Morgan fingerprint density at radius 2 is 2.45 bits per heavy atom. The van der Waals surface area contributed by atoms with Gasteiger partial charge >= 0.3 is 6.03 Å². The van der Waals surface area contributed by atoms with E-state index < -0.39 is 0 Å². The lowest BCUT2D eigenvalue weighted by Crippen LogP contribution is -2.49. The zero-order chi connectivity index (χ0) is 7.68. The van der Waals surface area contributed by atoms with Gasteiger partial charge in [-0.3, -0.25) is 5.48 Å². The van der Waals surface area contributed by atoms with Crippen molar-refractivity contribution in [2.45, 2.75) is 6.23 Å². The summed E-state index contributed by atoms with van der Waals surface area (Å²) in [6.45, 7) is 0. The van der Waals surface area contributed by atoms with E-state index in [9.17, 15) is 4.79 Å². The Balaban J connectivity index is 2.24. The monoisotopic (exact) mass is 153 g/mol. The maximum Gasteiger partial charge on any atom is 0.321 e. The van der Waals surface area contributed by atoms with Gasteiger partial charge in [-0.1, -0.05) is 0 Å². The summed E-state index contributed by atoms with van der Waals surface area (Å²) >= 11 is 0. The molecule has 0 saturated carbocycles. The van der Waals surface area contributed by atoms with Crippen molar-refractivity contribution in [3.05, 3.63) is 24.0 Å². The van der Waals surface area contributed by atoms with Crippen LogP contribution in [-0.4, -0.2) is 12.3 Å². The van der Waals surface area contributed by atoms with Crippen molar-refractivity contribution in [1.29, 1.82) is 0 Å². The standard InChI is InChI=1S/C6H7N3O2/c10-6-7-3-4-1-2-8-11-5(4)9-6/h1-3,5,8H,(H2,7,9,10). The van der Waals surface area contributed by atoms with E-state index in [1.807, 2.05) is 6.08 Å². The van der Waals surface area contributed by atoms with Gasteiger partial charge in [0.25, 0.3) is 0 Å². The third-order valence-corrected chi connectivity index (χ3v) is 1.46. The summed E-state index contributed by atoms with van der Waals surface area (Å²) < 4.78 is 0. The van der Waals surface area contributed by atoms with Crippen LogP contribution in [0.5, 0.6) is 0 Å². The van der Waals surface area contributed by atoms with Gasteiger partial charge in [0, 0.05) is 18.0 Å². The number of nitrogens with one attached hydrogen (secondary N) is 3. The highest BCUT2D eigenvalue weighted by molar-refractivity contribution is 5.77. The van der Waals surface area contributed by atoms with E-state index in [0.717, 1.165) is 5.57 Å². The molecule has 1 atom stereocenters. The third kappa shape index (κ3) is 1.05. The zero-order valence-corrected chi connectivity index (χ0v) is 5.63. The lowest BCUT2D eigenvalue weighted by Gasteiger charge is -2.26. The van der Waals surface area contributed by atoms with E-state index >= 15 is 0 Å². The van der Waals surface area contributed by atoms with Crippen LogP contribution < -0.4 is 16.1 Å². The molecule has 0 saturated heterocycles. The van der Waals surface area contributed by atoms with Gasteiger partial charge in [-0.25, -0.2) is 9.63 Å². The molecular weight excluding hydrogens is 146 g/mol. The van der Waals surface area contributed by atoms with Gasteiger partial charge in [0.15, 0.2) is 6.23 Å². The number of urea groups is 1. The largest absolute Gasteiger partial charge is 0.321 e. The predicted octanol–water partition coefficient (Wildman–Crippen LogP) is -0.442. The minimum Gasteiger partial charge on any atom is -0.314 e. The van der Waals surface area contributed by atoms with Crippen LogP contribution in [0.2, 0.25) is 0 Å². The number of carbonyl (C=O) groups is 1. The molecule has 0 aromatic carbocycles. The van der Waals surface area contributed by atoms with Gasteiger partial charge in [-0.2, -0.15) is 0 Å². The highest BCUT2D eigenvalue weighted by atomic mass is 16.7. The quantitative estimate of drug-likeness (QED) is 0.442. The van der Waals surface area contributed by atoms with Gasteiger partial charge < -0.3 is 10.6 Å². The molecule has 5 nitrogen and oxygen atoms in total. The molecule has 0 spiro atoms. The maximum atomic E-state index is 10.7. The minimum absolute atomic E-state index is 0.254. The molecule has 5 heteroatoms. The number of fused-ring (bicyclic) bond motifs is 1. The molecule has 0 aromatic rings. The second-order valence-corrected chi connectivity index (χ2v) is 2.21. The first-order valence-electron chi connectivity index (χ1n) is 3.21. The molecular formula is C6H7N3O2. The lowest BCUT2D eigenvalue weighted by molar-refractivity contribution is 0.00121. The van der Waals surface area contributed by atoms with Crippen LogP contribution in [0.3, 0.4) is 0 Å². The van der Waals surface area contributed by atoms with Crippen molar-refractivity contribution < 1.29 is 9.63 Å². The fourth-order valence-electron chi connectivity index (χ4n) is 0.939. The van der Waals surface area contributed by atoms with E-state index in [-0.39, 0.29) is 12.3 Å². The molecule has 3 N–H and O–H groups in total. The molecule has 2 rings (SSSR count). The fourth-order valence-corrected chi connectivity index (χ4v) is 0.939. The average Bonchev–Trinajstić information content (AvgIpc) is 2.04. The topological polar surface area (TPSA) is 62.4 Å². The molecule has 0 aliphatic carbocycles. The Morgan fingerprint density at radius 3 is 3.36 bits per heavy atom. The number of carbonyl (C=O) groups excluding carboxylic acids is 1. The smallest absolute Gasteiger partial charge is 0.314 e. The summed E-state index contributed by atoms with van der Waals surface area (Å²) in [5.74, 6) is 0. The van der Waals surface area contributed by atoms with Crippen LogP contribution in [-0.2, 0) is 4.84 Å². The molecule has 0 aromatic heterocycles. The SMILES string of the molecule is O=C1NC=C2C=CNOC2N1. The van der Waals surface area contributed by atoms with Gasteiger partial charge in [-0.05, 0) is 6.08 Å². The summed E-state index contributed by atoms with van der Waals surface area (Å²) in [5.41, 5.74) is 3.43. The molecule has 2 aliphatic rings. The van der Waals surface area contributed by atoms with Crippen LogP contribution in [0.25, 0.3) is 0 Å². The molecule has 0 bridgehead atoms. The van der Waals surface area contributed by atoms with Crippen molar-refractivity contribution >= 4 is 6.03 Å². The first-order chi connectivity index (χ1) is 5.36. The van der Waals surface area contributed by atoms with E-state index in [1.165, 1.54) is 0 Å². The van der Waals surface area contributed by atoms with Crippen LogP contribution >= 0.6 is 0 Å². The average molecular weight is 153 g/mol. The number of rotatable bonds is 0. The predicted molar refractivity (Wildman–Crippen MR) is 36.9 cm³/mol. The van der Waals surface area contributed by atoms with Crippen LogP contribution in [0.15, 0.2) is 24.0 Å². The van der Waals surface area contributed by atoms with Crippen LogP contribution in [0.4, 0.5) is 4.79 Å². The second kappa shape index (κ2) is 2.28. The third-order valence-electron chi connectivity index (χ3n) is 1.46. The highest BCUT2D eigenvalue weighted by Crippen LogP contribution is 2.10. The van der Waals surface area contributed by atoms with Gasteiger partial charge in [0.1, 0.15) is 0 Å².